The van der Waals surface area contributed by atoms with Crippen LogP contribution in [0.25, 0.3) is 0 Å². The van der Waals surface area contributed by atoms with Crippen molar-refractivity contribution in [3.05, 3.63) is 59.2 Å². The molecule has 0 amide bonds. The summed E-state index contributed by atoms with van der Waals surface area (Å²) >= 11 is 0. The van der Waals surface area contributed by atoms with Gasteiger partial charge < -0.3 is 14.2 Å². The molecule has 3 rings (SSSR count). The van der Waals surface area contributed by atoms with E-state index in [1.807, 2.05) is 45.0 Å². The third-order valence-electron chi connectivity index (χ3n) is 3.83. The zero-order valence-corrected chi connectivity index (χ0v) is 14.7. The van der Waals surface area contributed by atoms with Crippen LogP contribution in [0.15, 0.2) is 42.5 Å². The molecule has 1 aliphatic heterocycles. The first-order valence-electron chi connectivity index (χ1n) is 8.02. The second kappa shape index (κ2) is 6.24. The lowest BCUT2D eigenvalue weighted by Crippen LogP contribution is -2.29. The Hall–Kier alpha value is -2.82. The predicted octanol–water partition coefficient (Wildman–Crippen LogP) is 4.05. The van der Waals surface area contributed by atoms with Gasteiger partial charge in [0.05, 0.1) is 12.7 Å². The van der Waals surface area contributed by atoms with Crippen molar-refractivity contribution in [2.75, 3.05) is 7.11 Å². The second-order valence-corrected chi connectivity index (χ2v) is 6.85. The molecule has 0 saturated heterocycles. The number of carbonyl (C=O) groups is 2. The lowest BCUT2D eigenvalue weighted by atomic mass is 9.87. The Balaban J connectivity index is 2.12. The van der Waals surface area contributed by atoms with E-state index >= 15 is 0 Å². The maximum absolute atomic E-state index is 12.9. The Kier molecular flexibility index (Phi) is 4.25. The number of methoxy groups -OCH3 is 1. The minimum absolute atomic E-state index is 0.359. The number of hydrogen-bond acceptors (Lipinski definition) is 5. The number of fused-ring (bicyclic) bond motifs is 2. The summed E-state index contributed by atoms with van der Waals surface area (Å²) in [5, 5.41) is 0. The van der Waals surface area contributed by atoms with E-state index in [0.29, 0.717) is 28.2 Å². The summed E-state index contributed by atoms with van der Waals surface area (Å²) in [4.78, 5) is 24.8. The van der Waals surface area contributed by atoms with Crippen molar-refractivity contribution in [2.45, 2.75) is 32.3 Å². The minimum atomic E-state index is -0.663. The van der Waals surface area contributed by atoms with Crippen molar-refractivity contribution >= 4 is 11.9 Å². The van der Waals surface area contributed by atoms with Gasteiger partial charge in [-0.05, 0) is 45.0 Å². The molecule has 0 saturated carbocycles. The van der Waals surface area contributed by atoms with Crippen LogP contribution in [-0.2, 0) is 14.3 Å². The van der Waals surface area contributed by atoms with Crippen LogP contribution in [0.2, 0.25) is 0 Å². The molecule has 0 N–H and O–H groups in total. The third kappa shape index (κ3) is 3.36. The number of ether oxygens (including phenoxy) is 3. The summed E-state index contributed by atoms with van der Waals surface area (Å²) in [6, 6.07) is 12.3. The molecule has 0 radical (unpaired) electrons. The molecule has 1 heterocycles. The molecule has 25 heavy (non-hydrogen) atoms. The molecule has 0 spiro atoms. The Bertz CT molecular complexity index is 832. The number of rotatable bonds is 2. The molecule has 0 bridgehead atoms. The molecule has 1 aliphatic rings. The third-order valence-corrected chi connectivity index (χ3v) is 3.83. The first-order valence-corrected chi connectivity index (χ1v) is 8.02. The molecule has 2 aromatic rings. The van der Waals surface area contributed by atoms with E-state index < -0.39 is 17.5 Å². The van der Waals surface area contributed by atoms with E-state index in [1.165, 1.54) is 7.11 Å². The zero-order valence-electron chi connectivity index (χ0n) is 14.7. The van der Waals surface area contributed by atoms with E-state index in [4.69, 9.17) is 14.2 Å². The minimum Gasteiger partial charge on any atom is -0.465 e. The fourth-order valence-electron chi connectivity index (χ4n) is 2.82. The van der Waals surface area contributed by atoms with Gasteiger partial charge in [-0.1, -0.05) is 18.2 Å². The summed E-state index contributed by atoms with van der Waals surface area (Å²) in [6.45, 7) is 5.46. The number of hydrogen-bond donors (Lipinski definition) is 0. The van der Waals surface area contributed by atoms with Crippen molar-refractivity contribution in [2.24, 2.45) is 0 Å². The van der Waals surface area contributed by atoms with Gasteiger partial charge in [-0.3, -0.25) is 4.79 Å². The smallest absolute Gasteiger partial charge is 0.337 e. The maximum atomic E-state index is 12.9. The second-order valence-electron chi connectivity index (χ2n) is 6.85. The molecular weight excluding hydrogens is 320 g/mol. The molecule has 1 unspecified atom stereocenters. The van der Waals surface area contributed by atoms with Crippen LogP contribution in [0, 0.1) is 0 Å². The molecule has 130 valence electrons. The van der Waals surface area contributed by atoms with Crippen molar-refractivity contribution in [3.63, 3.8) is 0 Å². The van der Waals surface area contributed by atoms with Gasteiger partial charge >= 0.3 is 11.9 Å². The highest BCUT2D eigenvalue weighted by Crippen LogP contribution is 2.45. The van der Waals surface area contributed by atoms with Crippen molar-refractivity contribution in [1.82, 2.24) is 0 Å². The summed E-state index contributed by atoms with van der Waals surface area (Å²) in [7, 11) is 1.32. The SMILES string of the molecule is COC(=O)c1ccc2c(c1)C(C(=O)OC(C)(C)C)c1ccccc1O2. The predicted molar refractivity (Wildman–Crippen MR) is 92.0 cm³/mol. The van der Waals surface area contributed by atoms with E-state index in [2.05, 4.69) is 0 Å². The first-order chi connectivity index (χ1) is 11.8. The van der Waals surface area contributed by atoms with Crippen LogP contribution < -0.4 is 4.74 Å². The lowest BCUT2D eigenvalue weighted by molar-refractivity contribution is -0.155. The molecule has 0 fully saturated rings. The normalized spacial score (nSPS) is 15.4. The molecule has 2 aromatic carbocycles. The summed E-state index contributed by atoms with van der Waals surface area (Å²) in [5.74, 6) is -0.376. The highest BCUT2D eigenvalue weighted by molar-refractivity contribution is 5.92. The lowest BCUT2D eigenvalue weighted by Gasteiger charge is -2.30. The average molecular weight is 340 g/mol. The van der Waals surface area contributed by atoms with Crippen molar-refractivity contribution in [1.29, 1.82) is 0 Å². The highest BCUT2D eigenvalue weighted by Gasteiger charge is 2.36. The summed E-state index contributed by atoms with van der Waals surface area (Å²) in [5.41, 5.74) is 1.05. The monoisotopic (exact) mass is 340 g/mol. The van der Waals surface area contributed by atoms with Gasteiger partial charge in [-0.25, -0.2) is 4.79 Å². The van der Waals surface area contributed by atoms with Gasteiger partial charge in [0, 0.05) is 11.1 Å². The molecule has 1 atom stereocenters. The Labute approximate surface area is 146 Å². The standard InChI is InChI=1S/C20H20O5/c1-20(2,3)25-19(22)17-13-7-5-6-8-15(13)24-16-10-9-12(11-14(16)17)18(21)23-4/h5-11,17H,1-4H3. The van der Waals surface area contributed by atoms with Crippen LogP contribution in [0.3, 0.4) is 0 Å². The Morgan fingerprint density at radius 2 is 1.68 bits per heavy atom. The number of benzene rings is 2. The number of para-hydroxylation sites is 1. The van der Waals surface area contributed by atoms with Gasteiger partial charge in [0.1, 0.15) is 23.0 Å². The molecule has 0 aromatic heterocycles. The maximum Gasteiger partial charge on any atom is 0.337 e. The Morgan fingerprint density at radius 1 is 1.00 bits per heavy atom. The molecule has 5 nitrogen and oxygen atoms in total. The fraction of sp³-hybridized carbons (Fsp3) is 0.300. The van der Waals surface area contributed by atoms with Crippen molar-refractivity contribution in [3.8, 4) is 11.5 Å². The highest BCUT2D eigenvalue weighted by atomic mass is 16.6. The topological polar surface area (TPSA) is 61.8 Å². The Morgan fingerprint density at radius 3 is 2.36 bits per heavy atom. The van der Waals surface area contributed by atoms with E-state index in [9.17, 15) is 9.59 Å². The van der Waals surface area contributed by atoms with Crippen LogP contribution in [0.1, 0.15) is 48.2 Å². The number of esters is 2. The largest absolute Gasteiger partial charge is 0.465 e. The number of carbonyl (C=O) groups excluding carboxylic acids is 2. The quantitative estimate of drug-likeness (QED) is 0.772. The fourth-order valence-corrected chi connectivity index (χ4v) is 2.82. The van der Waals surface area contributed by atoms with E-state index in [0.717, 1.165) is 0 Å². The van der Waals surface area contributed by atoms with Gasteiger partial charge in [0.25, 0.3) is 0 Å². The van der Waals surface area contributed by atoms with Gasteiger partial charge in [0.2, 0.25) is 0 Å². The van der Waals surface area contributed by atoms with Crippen LogP contribution in [-0.4, -0.2) is 24.6 Å². The molecule has 5 heteroatoms. The average Bonchev–Trinajstić information content (AvgIpc) is 2.56. The van der Waals surface area contributed by atoms with Gasteiger partial charge in [-0.2, -0.15) is 0 Å². The molecular formula is C20H20O5. The van der Waals surface area contributed by atoms with Crippen LogP contribution >= 0.6 is 0 Å². The zero-order chi connectivity index (χ0) is 18.2. The van der Waals surface area contributed by atoms with E-state index in [1.54, 1.807) is 18.2 Å². The first kappa shape index (κ1) is 17.0. The van der Waals surface area contributed by atoms with Crippen molar-refractivity contribution < 1.29 is 23.8 Å². The van der Waals surface area contributed by atoms with Gasteiger partial charge in [0.15, 0.2) is 0 Å². The molecule has 0 aliphatic carbocycles. The van der Waals surface area contributed by atoms with Crippen LogP contribution in [0.5, 0.6) is 11.5 Å². The van der Waals surface area contributed by atoms with Gasteiger partial charge in [-0.15, -0.1) is 0 Å². The van der Waals surface area contributed by atoms with E-state index in [-0.39, 0.29) is 5.97 Å². The summed E-state index contributed by atoms with van der Waals surface area (Å²) in [6.07, 6.45) is 0. The van der Waals surface area contributed by atoms with Crippen LogP contribution in [0.4, 0.5) is 0 Å². The summed E-state index contributed by atoms with van der Waals surface area (Å²) < 4.78 is 16.3.